The molecule has 6 N–H and O–H groups in total. The van der Waals surface area contributed by atoms with Crippen LogP contribution in [0.25, 0.3) is 32.7 Å². The lowest BCUT2D eigenvalue weighted by molar-refractivity contribution is -0.129. The summed E-state index contributed by atoms with van der Waals surface area (Å²) in [5, 5.41) is 42.7. The molecule has 6 aliphatic rings. The van der Waals surface area contributed by atoms with Gasteiger partial charge in [0.05, 0.1) is 17.3 Å². The highest BCUT2D eigenvalue weighted by Gasteiger charge is 2.36. The van der Waals surface area contributed by atoms with Gasteiger partial charge in [0.15, 0.2) is 17.5 Å². The number of hydrogen-bond donors (Lipinski definition) is 6. The van der Waals surface area contributed by atoms with E-state index >= 15 is 13.2 Å². The van der Waals surface area contributed by atoms with E-state index in [1.54, 1.807) is 119 Å². The Morgan fingerprint density at radius 2 is 0.732 bits per heavy atom. The molecule has 3 aromatic heterocycles. The van der Waals surface area contributed by atoms with E-state index in [0.29, 0.717) is 131 Å². The van der Waals surface area contributed by atoms with Gasteiger partial charge in [0.25, 0.3) is 0 Å². The molecule has 3 fully saturated rings. The molecule has 3 aliphatic carbocycles. The summed E-state index contributed by atoms with van der Waals surface area (Å²) < 4.78 is 49.7. The smallest absolute Gasteiger partial charge is 0.246 e. The molecule has 3 saturated heterocycles. The van der Waals surface area contributed by atoms with Gasteiger partial charge in [-0.05, 0) is 88.9 Å². The Labute approximate surface area is 725 Å². The highest BCUT2D eigenvalue weighted by atomic mass is 35.5. The number of carbonyl (C=O) groups excluding carboxylic acids is 6. The van der Waals surface area contributed by atoms with Crippen molar-refractivity contribution in [1.29, 1.82) is 0 Å². The summed E-state index contributed by atoms with van der Waals surface area (Å²) in [7, 11) is 10.1. The van der Waals surface area contributed by atoms with Crippen molar-refractivity contribution in [3.8, 4) is 0 Å². The van der Waals surface area contributed by atoms with Crippen LogP contribution in [-0.2, 0) is 48.0 Å². The molecule has 123 heavy (non-hydrogen) atoms. The number of fused-ring (bicyclic) bond motifs is 6. The molecule has 0 saturated carbocycles. The maximum atomic E-state index is 16.6. The Balaban J connectivity index is 0.000000159. The van der Waals surface area contributed by atoms with Crippen LogP contribution in [0.3, 0.4) is 0 Å². The number of rotatable bonds is 20. The van der Waals surface area contributed by atoms with Crippen LogP contribution in [0.2, 0.25) is 15.1 Å². The summed E-state index contributed by atoms with van der Waals surface area (Å²) in [4.78, 5) is 116. The minimum absolute atomic E-state index is 0.00270. The predicted molar refractivity (Wildman–Crippen MR) is 474 cm³/mol. The third-order valence-electron chi connectivity index (χ3n) is 22.6. The van der Waals surface area contributed by atoms with Crippen LogP contribution in [0.15, 0.2) is 151 Å². The van der Waals surface area contributed by atoms with Crippen molar-refractivity contribution >= 4 is 138 Å². The zero-order valence-corrected chi connectivity index (χ0v) is 71.9. The lowest BCUT2D eigenvalue weighted by Gasteiger charge is -2.35. The number of amides is 6. The monoisotopic (exact) mass is 1740 g/mol. The van der Waals surface area contributed by atoms with E-state index in [2.05, 4.69) is 37.5 Å². The molecule has 644 valence electrons. The van der Waals surface area contributed by atoms with Gasteiger partial charge in [0, 0.05) is 252 Å². The van der Waals surface area contributed by atoms with Gasteiger partial charge in [-0.25, -0.2) is 28.1 Å². The fraction of sp³-hybridized carbons (Fsp3) is 0.356. The van der Waals surface area contributed by atoms with Crippen LogP contribution < -0.4 is 30.7 Å². The van der Waals surface area contributed by atoms with E-state index < -0.39 is 35.2 Å². The van der Waals surface area contributed by atoms with Gasteiger partial charge < -0.3 is 75.4 Å². The zero-order chi connectivity index (χ0) is 87.8. The van der Waals surface area contributed by atoms with Crippen molar-refractivity contribution in [2.45, 2.75) is 70.1 Å². The number of benzene rings is 6. The molecule has 3 aliphatic heterocycles. The summed E-state index contributed by atoms with van der Waals surface area (Å²) in [6.07, 6.45) is 11.2. The largest absolute Gasteiger partial charge is 0.512 e. The summed E-state index contributed by atoms with van der Waals surface area (Å²) >= 11 is 20.4. The lowest BCUT2D eigenvalue weighted by Crippen LogP contribution is -2.48. The molecule has 0 unspecified atom stereocenters. The van der Waals surface area contributed by atoms with Crippen LogP contribution in [0, 0.1) is 17.5 Å². The molecular weight excluding hydrogens is 1640 g/mol. The second-order valence-corrected chi connectivity index (χ2v) is 32.5. The first-order chi connectivity index (χ1) is 59.0. The van der Waals surface area contributed by atoms with Gasteiger partial charge in [0.1, 0.15) is 34.0 Å². The number of anilines is 6. The second kappa shape index (κ2) is 38.8. The summed E-state index contributed by atoms with van der Waals surface area (Å²) in [5.41, 5.74) is 6.24. The van der Waals surface area contributed by atoms with Crippen molar-refractivity contribution in [3.05, 3.63) is 234 Å². The summed E-state index contributed by atoms with van der Waals surface area (Å²) in [6.45, 7) is 13.5. The van der Waals surface area contributed by atoms with Gasteiger partial charge in [0.2, 0.25) is 53.3 Å². The Hall–Kier alpha value is -12.3. The van der Waals surface area contributed by atoms with Crippen molar-refractivity contribution in [1.82, 2.24) is 59.3 Å². The first-order valence-corrected chi connectivity index (χ1v) is 41.8. The second-order valence-electron chi connectivity index (χ2n) is 31.3. The van der Waals surface area contributed by atoms with Crippen molar-refractivity contribution in [3.63, 3.8) is 0 Å². The number of halogens is 6. The first-order valence-electron chi connectivity index (χ1n) is 40.7. The van der Waals surface area contributed by atoms with Crippen LogP contribution in [0.1, 0.15) is 101 Å². The number of carbonyl (C=O) groups is 6. The molecule has 0 spiro atoms. The standard InChI is InChI=1S/C31H34ClFN6O3.C30H32ClFN6O3.C29H32ClFN6O3/c1-4-7-26(42)38-12-14-39(15-13-38)30-23-18-24(32)27(22-17-20(40)16-19-8-5-6-9-21(19)22)28(33)29(23)35-31(36-30)34-11-10-25(41)37(2)3;1-4-24(40)37-11-13-38(14-12-37)29-22-17-23(31)26(21-16-19(39)15-18-7-5-6-8-20(18)21)27(32)28(22)34-30(35-29)33-10-9-25(41)36(2)3;1-17(38)36-10-12-37(13-11-36)28-22-16-23(30)25(21-15-19(39)14-18-6-4-5-7-20(18)21)26(31)27(22)33-29(34-28)32-9-8-24(40)35(2)3/h4-9,17-18,22,40H,10-16H2,1-3H3,(H,34,35,36);4-8,16-17,21,39H,1,9-15H2,2-3H3,(H,33,34,35);4-7,15-16,21,39H,8-14H2,1-3H3,(H,32,33,34)/b7-4+;;/t22-;2*21-/m111/s1. The Morgan fingerprint density at radius 1 is 0.447 bits per heavy atom. The molecule has 9 aromatic rings. The van der Waals surface area contributed by atoms with Gasteiger partial charge in [-0.15, -0.1) is 0 Å². The summed E-state index contributed by atoms with van der Waals surface area (Å²) in [6, 6.07) is 27.8. The number of aliphatic hydroxyl groups excluding tert-OH is 3. The number of piperazine rings is 3. The van der Waals surface area contributed by atoms with Crippen LogP contribution in [0.4, 0.5) is 48.5 Å². The average Bonchev–Trinajstić information content (AvgIpc) is 0.752. The van der Waals surface area contributed by atoms with E-state index in [1.165, 1.54) is 20.8 Å². The zero-order valence-electron chi connectivity index (χ0n) is 69.7. The number of nitrogens with zero attached hydrogens (tertiary/aromatic N) is 15. The first kappa shape index (κ1) is 88.5. The Kier molecular flexibility index (Phi) is 28.0. The Bertz CT molecular complexity index is 5730. The number of nitrogens with one attached hydrogen (secondary N) is 3. The third-order valence-corrected chi connectivity index (χ3v) is 23.6. The van der Waals surface area contributed by atoms with Crippen molar-refractivity contribution < 1.29 is 57.3 Å². The summed E-state index contributed by atoms with van der Waals surface area (Å²) in [5.74, 6) is -1.47. The molecule has 33 heteroatoms. The van der Waals surface area contributed by atoms with E-state index in [1.807, 2.05) is 87.5 Å². The Morgan fingerprint density at radius 3 is 1.01 bits per heavy atom. The van der Waals surface area contributed by atoms with Gasteiger partial charge in [-0.3, -0.25) is 28.8 Å². The van der Waals surface area contributed by atoms with Gasteiger partial charge in [-0.2, -0.15) is 15.0 Å². The lowest BCUT2D eigenvalue weighted by atomic mass is 9.82. The number of allylic oxidation sites excluding steroid dienone is 7. The van der Waals surface area contributed by atoms with E-state index in [-0.39, 0.29) is 158 Å². The molecule has 0 radical (unpaired) electrons. The molecular formula is C90H98Cl3F3N18O9. The number of hydrogen-bond acceptors (Lipinski definition) is 21. The fourth-order valence-electron chi connectivity index (χ4n) is 16.1. The number of aromatic nitrogens is 6. The van der Waals surface area contributed by atoms with Crippen LogP contribution in [-0.4, -0.2) is 251 Å². The maximum absolute atomic E-state index is 16.6. The highest BCUT2D eigenvalue weighted by molar-refractivity contribution is 6.33. The minimum atomic E-state index is -0.602. The SMILES string of the molecule is C/C=C/C(=O)N1CCN(c2nc(NCCC(=O)N(C)C)nc3c(F)c([C@@H]4C=C(O)Cc5ccccc54)c(Cl)cc23)CC1.C=CC(=O)N1CCN(c2nc(NCCC(=O)N(C)C)nc3c(F)c([C@@H]4C=C(O)Cc5ccccc54)c(Cl)cc23)CC1.CC(=O)N1CCN(c2nc(NCCC(=O)N(C)C)nc3c(F)c([C@@H]4C=C(O)Cc5ccccc54)c(Cl)cc23)CC1. The van der Waals surface area contributed by atoms with Crippen LogP contribution >= 0.6 is 34.8 Å². The molecule has 27 nitrogen and oxygen atoms in total. The maximum Gasteiger partial charge on any atom is 0.246 e. The average molecular weight is 1740 g/mol. The van der Waals surface area contributed by atoms with Gasteiger partial charge in [-0.1, -0.05) is 120 Å². The van der Waals surface area contributed by atoms with E-state index in [9.17, 15) is 44.1 Å². The van der Waals surface area contributed by atoms with E-state index in [0.717, 1.165) is 33.4 Å². The van der Waals surface area contributed by atoms with Gasteiger partial charge >= 0.3 is 0 Å². The third kappa shape index (κ3) is 19.8. The minimum Gasteiger partial charge on any atom is -0.512 e. The van der Waals surface area contributed by atoms with Crippen molar-refractivity contribution in [2.24, 2.45) is 0 Å². The normalized spacial score (nSPS) is 16.8. The topological polar surface area (TPSA) is 306 Å². The predicted octanol–water partition coefficient (Wildman–Crippen LogP) is 13.1. The highest BCUT2D eigenvalue weighted by Crippen LogP contribution is 2.47. The quantitative estimate of drug-likeness (QED) is 0.0386. The van der Waals surface area contributed by atoms with Crippen LogP contribution in [0.5, 0.6) is 0 Å². The fourth-order valence-corrected chi connectivity index (χ4v) is 17.1. The molecule has 6 heterocycles. The number of aliphatic hydroxyl groups is 3. The molecule has 3 atom stereocenters. The molecule has 6 amide bonds. The molecule has 15 rings (SSSR count). The molecule has 6 aromatic carbocycles. The van der Waals surface area contributed by atoms with Crippen molar-refractivity contribution in [2.75, 3.05) is 171 Å². The molecule has 0 bridgehead atoms. The van der Waals surface area contributed by atoms with E-state index in [4.69, 9.17) is 49.8 Å².